The van der Waals surface area contributed by atoms with Crippen molar-refractivity contribution in [2.24, 2.45) is 0 Å². The van der Waals surface area contributed by atoms with Crippen molar-refractivity contribution in [3.05, 3.63) is 89.2 Å². The zero-order valence-corrected chi connectivity index (χ0v) is 26.7. The van der Waals surface area contributed by atoms with Gasteiger partial charge in [-0.25, -0.2) is 0 Å². The third kappa shape index (κ3) is 5.13. The van der Waals surface area contributed by atoms with Gasteiger partial charge in [-0.3, -0.25) is 0 Å². The third-order valence-electron chi connectivity index (χ3n) is 8.18. The Bertz CT molecular complexity index is 1720. The second kappa shape index (κ2) is 12.2. The quantitative estimate of drug-likeness (QED) is 0.262. The number of aryl methyl sites for hydroxylation is 1. The van der Waals surface area contributed by atoms with Crippen molar-refractivity contribution in [3.8, 4) is 0 Å². The van der Waals surface area contributed by atoms with E-state index in [2.05, 4.69) is 78.8 Å². The maximum atomic E-state index is 5.23. The van der Waals surface area contributed by atoms with E-state index in [1.807, 2.05) is 0 Å². The van der Waals surface area contributed by atoms with E-state index in [0.717, 1.165) is 89.1 Å². The number of rotatable bonds is 7. The predicted molar refractivity (Wildman–Crippen MR) is 157 cm³/mol. The molecular weight excluding hydrogens is 659 g/mol. The van der Waals surface area contributed by atoms with Gasteiger partial charge in [-0.1, -0.05) is 118 Å². The van der Waals surface area contributed by atoms with E-state index in [1.165, 1.54) is 38.9 Å². The van der Waals surface area contributed by atoms with Crippen LogP contribution in [0, 0.1) is 0 Å². The Kier molecular flexibility index (Phi) is 9.17. The van der Waals surface area contributed by atoms with Gasteiger partial charge in [0.05, 0.1) is 0 Å². The summed E-state index contributed by atoms with van der Waals surface area (Å²) >= 11 is 0. The smallest absolute Gasteiger partial charge is 0.658 e. The van der Waals surface area contributed by atoms with Gasteiger partial charge in [-0.15, -0.1) is 44.2 Å². The van der Waals surface area contributed by atoms with Crippen LogP contribution in [0.1, 0.15) is 110 Å². The minimum absolute atomic E-state index is 0. The van der Waals surface area contributed by atoms with Crippen LogP contribution in [0.25, 0.3) is 24.3 Å². The standard InChI is InChI=1S/C34H40N4.Pt/c1-8-20-15-21-16-29-22(9-2)23(10-3)31(36-29)18-33-26(13-6)27(14-7)34(38-33)19-32-25(12-5)24(11-4)30(37-32)17-28(20)35-21;/h15-19H,8-14H2,1-7H3;/q-4;+4/b21-16-,28-17-,29-16?,30-17?,31-18?,32-19?,33-18-,34-19-;. The molecule has 0 amide bonds. The Morgan fingerprint density at radius 1 is 0.410 bits per heavy atom. The van der Waals surface area contributed by atoms with Gasteiger partial charge >= 0.3 is 21.1 Å². The molecule has 0 saturated carbocycles. The van der Waals surface area contributed by atoms with Crippen molar-refractivity contribution in [2.75, 3.05) is 0 Å². The van der Waals surface area contributed by atoms with E-state index < -0.39 is 0 Å². The van der Waals surface area contributed by atoms with Crippen LogP contribution >= 0.6 is 0 Å². The molecule has 0 radical (unpaired) electrons. The van der Waals surface area contributed by atoms with Gasteiger partial charge < -0.3 is 19.9 Å². The Morgan fingerprint density at radius 2 is 0.795 bits per heavy atom. The van der Waals surface area contributed by atoms with Gasteiger partial charge in [0.25, 0.3) is 0 Å². The van der Waals surface area contributed by atoms with Crippen molar-refractivity contribution in [1.82, 2.24) is 19.9 Å². The number of hydrogen-bond donors (Lipinski definition) is 0. The Morgan fingerprint density at radius 3 is 1.18 bits per heavy atom. The van der Waals surface area contributed by atoms with Crippen LogP contribution in [0.3, 0.4) is 0 Å². The zero-order valence-electron chi connectivity index (χ0n) is 24.4. The van der Waals surface area contributed by atoms with E-state index in [9.17, 15) is 0 Å². The van der Waals surface area contributed by atoms with Gasteiger partial charge in [-0.2, -0.15) is 0 Å². The Hall–Kier alpha value is -2.71. The molecule has 0 fully saturated rings. The first kappa shape index (κ1) is 29.3. The van der Waals surface area contributed by atoms with Crippen LogP contribution in [0.2, 0.25) is 0 Å². The number of fused-ring (bicyclic) bond motifs is 8. The van der Waals surface area contributed by atoms with E-state index in [0.29, 0.717) is 0 Å². The Labute approximate surface area is 247 Å². The van der Waals surface area contributed by atoms with Gasteiger partial charge in [0.1, 0.15) is 0 Å². The molecule has 0 saturated heterocycles. The number of aromatic nitrogens is 4. The summed E-state index contributed by atoms with van der Waals surface area (Å²) in [7, 11) is 0. The molecule has 4 aromatic heterocycles. The fraction of sp³-hybridized carbons (Fsp3) is 0.412. The number of hydrogen-bond acceptors (Lipinski definition) is 0. The zero-order chi connectivity index (χ0) is 27.0. The molecule has 5 heterocycles. The first-order valence-electron chi connectivity index (χ1n) is 14.6. The van der Waals surface area contributed by atoms with E-state index in [4.69, 9.17) is 19.9 Å². The first-order chi connectivity index (χ1) is 18.5. The Balaban J connectivity index is 0.00000353. The molecule has 0 unspecified atom stereocenters. The van der Waals surface area contributed by atoms with Crippen molar-refractivity contribution in [2.45, 2.75) is 93.4 Å². The van der Waals surface area contributed by atoms with Crippen LogP contribution in [0.5, 0.6) is 0 Å². The third-order valence-corrected chi connectivity index (χ3v) is 8.18. The van der Waals surface area contributed by atoms with Gasteiger partial charge in [0.15, 0.2) is 0 Å². The molecule has 0 atom stereocenters. The summed E-state index contributed by atoms with van der Waals surface area (Å²) in [5, 5.41) is 4.11. The van der Waals surface area contributed by atoms with Crippen LogP contribution in [0.15, 0.2) is 6.07 Å². The molecule has 0 aliphatic carbocycles. The van der Waals surface area contributed by atoms with Gasteiger partial charge in [-0.05, 0) is 44.9 Å². The van der Waals surface area contributed by atoms with E-state index in [-0.39, 0.29) is 21.1 Å². The molecule has 39 heavy (non-hydrogen) atoms. The molecule has 4 nitrogen and oxygen atoms in total. The average Bonchev–Trinajstić information content (AvgIpc) is 3.65. The molecule has 5 rings (SSSR count). The SMILES string of the molecule is CCc1c2[n-]c(c1CC)/C=c1\[n-]/c(c(CC)c1CC)=C\c1[n-]c(c(CC)c1CC)/C=c1\[n-]/c(cc1CC)=C\2.[Pt+4]. The van der Waals surface area contributed by atoms with Crippen LogP contribution in [0.4, 0.5) is 0 Å². The molecule has 8 bridgehead atoms. The molecule has 5 heteroatoms. The minimum Gasteiger partial charge on any atom is -0.658 e. The fourth-order valence-electron chi connectivity index (χ4n) is 6.31. The monoisotopic (exact) mass is 699 g/mol. The first-order valence-corrected chi connectivity index (χ1v) is 14.6. The normalized spacial score (nSPS) is 15.8. The summed E-state index contributed by atoms with van der Waals surface area (Å²) < 4.78 is 0. The topological polar surface area (TPSA) is 56.4 Å². The van der Waals surface area contributed by atoms with Crippen LogP contribution < -0.4 is 41.3 Å². The summed E-state index contributed by atoms with van der Waals surface area (Å²) in [6.07, 6.45) is 15.5. The summed E-state index contributed by atoms with van der Waals surface area (Å²) in [5.74, 6) is 0. The maximum absolute atomic E-state index is 5.23. The van der Waals surface area contributed by atoms with E-state index >= 15 is 0 Å². The van der Waals surface area contributed by atoms with Gasteiger partial charge in [0, 0.05) is 0 Å². The van der Waals surface area contributed by atoms with Crippen molar-refractivity contribution in [1.29, 1.82) is 0 Å². The van der Waals surface area contributed by atoms with E-state index in [1.54, 1.807) is 0 Å². The minimum atomic E-state index is 0. The second-order valence-corrected chi connectivity index (χ2v) is 10.2. The number of nitrogens with zero attached hydrogens (tertiary/aromatic N) is 4. The summed E-state index contributed by atoms with van der Waals surface area (Å²) in [4.78, 5) is 20.7. The molecule has 1 aliphatic heterocycles. The largest absolute Gasteiger partial charge is 4.00 e. The molecule has 0 aromatic carbocycles. The maximum Gasteiger partial charge on any atom is 4.00 e. The van der Waals surface area contributed by atoms with Crippen molar-refractivity contribution in [3.63, 3.8) is 0 Å². The average molecular weight is 700 g/mol. The second-order valence-electron chi connectivity index (χ2n) is 10.2. The molecule has 1 aliphatic rings. The molecule has 0 N–H and O–H groups in total. The fourth-order valence-corrected chi connectivity index (χ4v) is 6.31. The molecular formula is C34H40N4Pt. The molecule has 206 valence electrons. The summed E-state index contributed by atoms with van der Waals surface area (Å²) in [6, 6.07) is 2.22. The predicted octanol–water partition coefficient (Wildman–Crippen LogP) is 3.08. The van der Waals surface area contributed by atoms with Gasteiger partial charge in [0.2, 0.25) is 0 Å². The summed E-state index contributed by atoms with van der Waals surface area (Å²) in [5.41, 5.74) is 13.4. The molecule has 0 spiro atoms. The van der Waals surface area contributed by atoms with Crippen molar-refractivity contribution < 1.29 is 21.1 Å². The molecule has 4 aromatic rings. The summed E-state index contributed by atoms with van der Waals surface area (Å²) in [6.45, 7) is 15.6. The van der Waals surface area contributed by atoms with Crippen molar-refractivity contribution >= 4 is 24.3 Å². The van der Waals surface area contributed by atoms with Crippen LogP contribution in [-0.2, 0) is 66.0 Å². The van der Waals surface area contributed by atoms with Crippen LogP contribution in [-0.4, -0.2) is 0 Å².